The zero-order chi connectivity index (χ0) is 15.3. The summed E-state index contributed by atoms with van der Waals surface area (Å²) in [5.74, 6) is 0. The molecule has 21 heavy (non-hydrogen) atoms. The molecule has 4 heteroatoms. The third-order valence-electron chi connectivity index (χ3n) is 3.56. The largest absolute Gasteiger partial charge is 0.373 e. The second kappa shape index (κ2) is 6.61. The summed E-state index contributed by atoms with van der Waals surface area (Å²) in [7, 11) is 0. The quantitative estimate of drug-likeness (QED) is 0.617. The van der Waals surface area contributed by atoms with Gasteiger partial charge in [0.05, 0.1) is 5.41 Å². The van der Waals surface area contributed by atoms with Gasteiger partial charge < -0.3 is 20.8 Å². The van der Waals surface area contributed by atoms with Crippen LogP contribution in [0.1, 0.15) is 13.8 Å². The molecule has 0 spiro atoms. The lowest BCUT2D eigenvalue weighted by Crippen LogP contribution is -2.48. The summed E-state index contributed by atoms with van der Waals surface area (Å²) in [5.41, 5.74) is 0.834. The van der Waals surface area contributed by atoms with Crippen LogP contribution in [0.3, 0.4) is 0 Å². The Morgan fingerprint density at radius 2 is 1.05 bits per heavy atom. The van der Waals surface area contributed by atoms with Crippen LogP contribution < -0.4 is 10.6 Å². The maximum absolute atomic E-state index is 10.4. The zero-order valence-electron chi connectivity index (χ0n) is 12.3. The van der Waals surface area contributed by atoms with Crippen LogP contribution in [-0.4, -0.2) is 22.7 Å². The van der Waals surface area contributed by atoms with Gasteiger partial charge in [-0.1, -0.05) is 50.2 Å². The molecule has 2 unspecified atom stereocenters. The van der Waals surface area contributed by atoms with E-state index in [9.17, 15) is 10.2 Å². The second-order valence-corrected chi connectivity index (χ2v) is 5.65. The van der Waals surface area contributed by atoms with Crippen molar-refractivity contribution in [1.29, 1.82) is 0 Å². The first-order chi connectivity index (χ1) is 10.00. The van der Waals surface area contributed by atoms with Crippen molar-refractivity contribution in [2.75, 3.05) is 10.6 Å². The van der Waals surface area contributed by atoms with E-state index >= 15 is 0 Å². The molecule has 0 radical (unpaired) electrons. The molecule has 2 aromatic rings. The molecule has 2 atom stereocenters. The van der Waals surface area contributed by atoms with Gasteiger partial charge in [-0.15, -0.1) is 0 Å². The minimum atomic E-state index is -0.897. The fourth-order valence-corrected chi connectivity index (χ4v) is 1.91. The average molecular weight is 286 g/mol. The number of aliphatic hydroxyl groups is 2. The number of aliphatic hydroxyl groups excluding tert-OH is 2. The van der Waals surface area contributed by atoms with Crippen LogP contribution >= 0.6 is 0 Å². The third-order valence-corrected chi connectivity index (χ3v) is 3.56. The van der Waals surface area contributed by atoms with Crippen LogP contribution in [0.4, 0.5) is 11.4 Å². The van der Waals surface area contributed by atoms with Crippen LogP contribution in [0.2, 0.25) is 0 Å². The lowest BCUT2D eigenvalue weighted by atomic mass is 9.88. The van der Waals surface area contributed by atoms with Gasteiger partial charge in [0.25, 0.3) is 0 Å². The minimum absolute atomic E-state index is 0.786. The van der Waals surface area contributed by atoms with Crippen LogP contribution in [0.25, 0.3) is 0 Å². The average Bonchev–Trinajstić information content (AvgIpc) is 2.49. The Balaban J connectivity index is 2.02. The van der Waals surface area contributed by atoms with Gasteiger partial charge in [-0.25, -0.2) is 0 Å². The van der Waals surface area contributed by atoms with Gasteiger partial charge in [-0.05, 0) is 24.3 Å². The SMILES string of the molecule is CC(C)(C(O)Nc1ccccc1)C(O)Nc1ccccc1. The molecule has 112 valence electrons. The van der Waals surface area contributed by atoms with E-state index in [2.05, 4.69) is 10.6 Å². The molecule has 4 N–H and O–H groups in total. The monoisotopic (exact) mass is 286 g/mol. The summed E-state index contributed by atoms with van der Waals surface area (Å²) in [5, 5.41) is 26.7. The molecule has 2 aromatic carbocycles. The van der Waals surface area contributed by atoms with Crippen molar-refractivity contribution in [2.24, 2.45) is 5.41 Å². The summed E-state index contributed by atoms with van der Waals surface area (Å²) in [6.07, 6.45) is -1.79. The Bertz CT molecular complexity index is 494. The fraction of sp³-hybridized carbons (Fsp3) is 0.294. The molecule has 0 aliphatic carbocycles. The first kappa shape index (κ1) is 15.4. The number of rotatable bonds is 6. The van der Waals surface area contributed by atoms with E-state index in [0.29, 0.717) is 0 Å². The molecule has 0 saturated carbocycles. The summed E-state index contributed by atoms with van der Waals surface area (Å²) >= 11 is 0. The van der Waals surface area contributed by atoms with E-state index in [1.54, 1.807) is 13.8 Å². The Morgan fingerprint density at radius 1 is 0.714 bits per heavy atom. The number of hydrogen-bond acceptors (Lipinski definition) is 4. The number of benzene rings is 2. The van der Waals surface area contributed by atoms with Gasteiger partial charge >= 0.3 is 0 Å². The zero-order valence-corrected chi connectivity index (χ0v) is 12.3. The molecular weight excluding hydrogens is 264 g/mol. The summed E-state index contributed by atoms with van der Waals surface area (Å²) in [6.45, 7) is 3.60. The van der Waals surface area contributed by atoms with Gasteiger partial charge in [-0.3, -0.25) is 0 Å². The molecule has 0 amide bonds. The smallest absolute Gasteiger partial charge is 0.133 e. The summed E-state index contributed by atoms with van der Waals surface area (Å²) in [6, 6.07) is 18.9. The molecule has 0 aliphatic rings. The van der Waals surface area contributed by atoms with Crippen molar-refractivity contribution in [3.05, 3.63) is 60.7 Å². The first-order valence-corrected chi connectivity index (χ1v) is 6.99. The van der Waals surface area contributed by atoms with E-state index in [-0.39, 0.29) is 0 Å². The topological polar surface area (TPSA) is 64.5 Å². The molecule has 0 saturated heterocycles. The summed E-state index contributed by atoms with van der Waals surface area (Å²) in [4.78, 5) is 0. The van der Waals surface area contributed by atoms with E-state index < -0.39 is 17.9 Å². The maximum Gasteiger partial charge on any atom is 0.133 e. The van der Waals surface area contributed by atoms with E-state index in [1.165, 1.54) is 0 Å². The highest BCUT2D eigenvalue weighted by Crippen LogP contribution is 2.27. The maximum atomic E-state index is 10.4. The van der Waals surface area contributed by atoms with Crippen LogP contribution in [0, 0.1) is 5.41 Å². The van der Waals surface area contributed by atoms with Crippen molar-refractivity contribution in [1.82, 2.24) is 0 Å². The standard InChI is InChI=1S/C17H22N2O2/c1-17(2,15(20)18-13-9-5-3-6-10-13)16(21)19-14-11-7-4-8-12-14/h3-12,15-16,18-21H,1-2H3. The lowest BCUT2D eigenvalue weighted by molar-refractivity contribution is -0.0196. The van der Waals surface area contributed by atoms with E-state index in [4.69, 9.17) is 0 Å². The predicted octanol–water partition coefficient (Wildman–Crippen LogP) is 2.87. The minimum Gasteiger partial charge on any atom is -0.373 e. The van der Waals surface area contributed by atoms with Gasteiger partial charge in [0.15, 0.2) is 0 Å². The number of hydrogen-bond donors (Lipinski definition) is 4. The van der Waals surface area contributed by atoms with E-state index in [1.807, 2.05) is 60.7 Å². The molecule has 0 fully saturated rings. The van der Waals surface area contributed by atoms with Gasteiger partial charge in [0, 0.05) is 11.4 Å². The number of anilines is 2. The van der Waals surface area contributed by atoms with E-state index in [0.717, 1.165) is 11.4 Å². The molecule has 0 aromatic heterocycles. The highest BCUT2D eigenvalue weighted by Gasteiger charge is 2.35. The van der Waals surface area contributed by atoms with Crippen LogP contribution in [0.5, 0.6) is 0 Å². The Labute approximate surface area is 125 Å². The number of para-hydroxylation sites is 2. The Morgan fingerprint density at radius 3 is 1.38 bits per heavy atom. The lowest BCUT2D eigenvalue weighted by Gasteiger charge is -2.36. The van der Waals surface area contributed by atoms with Crippen LogP contribution in [0.15, 0.2) is 60.7 Å². The van der Waals surface area contributed by atoms with Crippen molar-refractivity contribution < 1.29 is 10.2 Å². The molecule has 0 aliphatic heterocycles. The van der Waals surface area contributed by atoms with Crippen molar-refractivity contribution in [3.8, 4) is 0 Å². The highest BCUT2D eigenvalue weighted by atomic mass is 16.3. The molecule has 4 nitrogen and oxygen atoms in total. The molecule has 0 heterocycles. The van der Waals surface area contributed by atoms with Crippen molar-refractivity contribution in [3.63, 3.8) is 0 Å². The molecular formula is C17H22N2O2. The van der Waals surface area contributed by atoms with Gasteiger partial charge in [0.1, 0.15) is 12.5 Å². The van der Waals surface area contributed by atoms with Crippen LogP contribution in [-0.2, 0) is 0 Å². The van der Waals surface area contributed by atoms with Crippen molar-refractivity contribution >= 4 is 11.4 Å². The fourth-order valence-electron chi connectivity index (χ4n) is 1.91. The summed E-state index contributed by atoms with van der Waals surface area (Å²) < 4.78 is 0. The Hall–Kier alpha value is -2.04. The van der Waals surface area contributed by atoms with Crippen molar-refractivity contribution in [2.45, 2.75) is 26.3 Å². The number of nitrogens with one attached hydrogen (secondary N) is 2. The van der Waals surface area contributed by atoms with Gasteiger partial charge in [0.2, 0.25) is 0 Å². The first-order valence-electron chi connectivity index (χ1n) is 6.99. The Kier molecular flexibility index (Phi) is 4.83. The molecule has 2 rings (SSSR count). The highest BCUT2D eigenvalue weighted by molar-refractivity contribution is 5.45. The normalized spacial score (nSPS) is 14.3. The predicted molar refractivity (Wildman–Crippen MR) is 85.9 cm³/mol. The molecule has 0 bridgehead atoms. The second-order valence-electron chi connectivity index (χ2n) is 5.65. The third kappa shape index (κ3) is 3.97. The van der Waals surface area contributed by atoms with Gasteiger partial charge in [-0.2, -0.15) is 0 Å².